The van der Waals surface area contributed by atoms with Crippen LogP contribution >= 0.6 is 12.2 Å². The Labute approximate surface area is 156 Å². The minimum absolute atomic E-state index is 0.258. The Hall–Kier alpha value is -2.93. The molecule has 2 aromatic carbocycles. The van der Waals surface area contributed by atoms with Gasteiger partial charge in [0.05, 0.1) is 30.7 Å². The molecule has 3 aromatic rings. The number of nitrogens with one attached hydrogen (secondary N) is 2. The van der Waals surface area contributed by atoms with Gasteiger partial charge in [-0.2, -0.15) is 5.10 Å². The summed E-state index contributed by atoms with van der Waals surface area (Å²) >= 11 is 5.35. The minimum atomic E-state index is -0.258. The fraction of sp³-hybridized carbons (Fsp3) is 0.158. The van der Waals surface area contributed by atoms with Gasteiger partial charge in [0.25, 0.3) is 0 Å². The number of aromatic nitrogens is 2. The predicted molar refractivity (Wildman–Crippen MR) is 105 cm³/mol. The molecule has 0 fully saturated rings. The Morgan fingerprint density at radius 3 is 2.85 bits per heavy atom. The summed E-state index contributed by atoms with van der Waals surface area (Å²) < 4.78 is 20.6. The summed E-state index contributed by atoms with van der Waals surface area (Å²) in [6.45, 7) is 2.99. The van der Waals surface area contributed by atoms with Gasteiger partial charge in [0.1, 0.15) is 11.6 Å². The van der Waals surface area contributed by atoms with Gasteiger partial charge in [-0.25, -0.2) is 4.39 Å². The number of benzene rings is 2. The van der Waals surface area contributed by atoms with E-state index in [2.05, 4.69) is 15.7 Å². The molecule has 0 saturated heterocycles. The lowest BCUT2D eigenvalue weighted by molar-refractivity contribution is 0.342. The third kappa shape index (κ3) is 4.80. The van der Waals surface area contributed by atoms with Crippen molar-refractivity contribution in [2.45, 2.75) is 13.5 Å². The number of hydrogen-bond acceptors (Lipinski definition) is 3. The molecular weight excluding hydrogens is 351 g/mol. The van der Waals surface area contributed by atoms with Crippen LogP contribution in [0.15, 0.2) is 60.9 Å². The number of halogens is 1. The summed E-state index contributed by atoms with van der Waals surface area (Å²) in [5.41, 5.74) is 2.37. The van der Waals surface area contributed by atoms with Gasteiger partial charge in [-0.05, 0) is 49.0 Å². The highest BCUT2D eigenvalue weighted by atomic mass is 32.1. The van der Waals surface area contributed by atoms with Crippen LogP contribution in [-0.4, -0.2) is 21.5 Å². The van der Waals surface area contributed by atoms with Gasteiger partial charge >= 0.3 is 0 Å². The first-order valence-electron chi connectivity index (χ1n) is 8.21. The van der Waals surface area contributed by atoms with E-state index in [9.17, 15) is 4.39 Å². The van der Waals surface area contributed by atoms with Gasteiger partial charge in [-0.1, -0.05) is 24.3 Å². The van der Waals surface area contributed by atoms with Crippen molar-refractivity contribution in [2.24, 2.45) is 0 Å². The highest BCUT2D eigenvalue weighted by molar-refractivity contribution is 7.80. The number of anilines is 2. The quantitative estimate of drug-likeness (QED) is 0.635. The van der Waals surface area contributed by atoms with Gasteiger partial charge in [-0.3, -0.25) is 4.68 Å². The molecule has 0 spiro atoms. The van der Waals surface area contributed by atoms with Crippen LogP contribution in [0, 0.1) is 5.82 Å². The monoisotopic (exact) mass is 370 g/mol. The zero-order valence-corrected chi connectivity index (χ0v) is 15.1. The van der Waals surface area contributed by atoms with Crippen molar-refractivity contribution in [3.63, 3.8) is 0 Å². The second kappa shape index (κ2) is 8.44. The number of rotatable bonds is 6. The molecule has 0 bridgehead atoms. The van der Waals surface area contributed by atoms with E-state index in [1.165, 1.54) is 12.1 Å². The van der Waals surface area contributed by atoms with E-state index in [1.807, 2.05) is 43.5 Å². The molecule has 0 unspecified atom stereocenters. The van der Waals surface area contributed by atoms with Crippen LogP contribution in [0.2, 0.25) is 0 Å². The predicted octanol–water partition coefficient (Wildman–Crippen LogP) is 4.28. The maximum absolute atomic E-state index is 13.3. The fourth-order valence-electron chi connectivity index (χ4n) is 2.47. The average molecular weight is 370 g/mol. The lowest BCUT2D eigenvalue weighted by Crippen LogP contribution is -2.19. The summed E-state index contributed by atoms with van der Waals surface area (Å²) in [5.74, 6) is 0.479. The Morgan fingerprint density at radius 2 is 2.04 bits per heavy atom. The summed E-state index contributed by atoms with van der Waals surface area (Å²) in [4.78, 5) is 0. The van der Waals surface area contributed by atoms with Crippen molar-refractivity contribution in [3.05, 3.63) is 72.3 Å². The number of ether oxygens (including phenoxy) is 1. The van der Waals surface area contributed by atoms with Crippen molar-refractivity contribution in [3.8, 4) is 5.75 Å². The lowest BCUT2D eigenvalue weighted by Gasteiger charge is -2.13. The summed E-state index contributed by atoms with van der Waals surface area (Å²) in [5, 5.41) is 10.9. The molecule has 0 aliphatic heterocycles. The molecule has 3 rings (SSSR count). The standard InChI is InChI=1S/C19H19FN4OS/c1-2-25-18-9-4-3-8-17(18)23-19(26)22-16-11-21-24(13-16)12-14-6-5-7-15(20)10-14/h3-11,13H,2,12H2,1H3,(H2,22,23,26). The molecule has 134 valence electrons. The van der Waals surface area contributed by atoms with Crippen LogP contribution in [0.1, 0.15) is 12.5 Å². The normalized spacial score (nSPS) is 10.4. The van der Waals surface area contributed by atoms with E-state index in [-0.39, 0.29) is 5.82 Å². The van der Waals surface area contributed by atoms with Gasteiger partial charge < -0.3 is 15.4 Å². The van der Waals surface area contributed by atoms with Crippen molar-refractivity contribution < 1.29 is 9.13 Å². The Morgan fingerprint density at radius 1 is 1.19 bits per heavy atom. The molecule has 7 heteroatoms. The molecule has 0 saturated carbocycles. The minimum Gasteiger partial charge on any atom is -0.492 e. The van der Waals surface area contributed by atoms with Crippen LogP contribution in [0.25, 0.3) is 0 Å². The zero-order valence-electron chi connectivity index (χ0n) is 14.3. The zero-order chi connectivity index (χ0) is 18.4. The Kier molecular flexibility index (Phi) is 5.80. The second-order valence-corrected chi connectivity index (χ2v) is 5.97. The van der Waals surface area contributed by atoms with Gasteiger partial charge in [0.15, 0.2) is 5.11 Å². The maximum Gasteiger partial charge on any atom is 0.175 e. The topological polar surface area (TPSA) is 51.1 Å². The number of para-hydroxylation sites is 2. The molecular formula is C19H19FN4OS. The van der Waals surface area contributed by atoms with E-state index in [0.29, 0.717) is 18.3 Å². The molecule has 1 heterocycles. The van der Waals surface area contributed by atoms with E-state index in [1.54, 1.807) is 16.9 Å². The van der Waals surface area contributed by atoms with Gasteiger partial charge in [0, 0.05) is 6.20 Å². The maximum atomic E-state index is 13.3. The van der Waals surface area contributed by atoms with Crippen LogP contribution in [0.5, 0.6) is 5.75 Å². The average Bonchev–Trinajstić information content (AvgIpc) is 3.03. The van der Waals surface area contributed by atoms with Crippen LogP contribution in [0.3, 0.4) is 0 Å². The van der Waals surface area contributed by atoms with Crippen molar-refractivity contribution >= 4 is 28.7 Å². The number of nitrogens with zero attached hydrogens (tertiary/aromatic N) is 2. The first-order chi connectivity index (χ1) is 12.6. The summed E-state index contributed by atoms with van der Waals surface area (Å²) in [7, 11) is 0. The highest BCUT2D eigenvalue weighted by Gasteiger charge is 2.06. The first kappa shape index (κ1) is 17.9. The van der Waals surface area contributed by atoms with Gasteiger partial charge in [-0.15, -0.1) is 0 Å². The first-order valence-corrected chi connectivity index (χ1v) is 8.61. The molecule has 5 nitrogen and oxygen atoms in total. The van der Waals surface area contributed by atoms with E-state index in [4.69, 9.17) is 17.0 Å². The molecule has 0 atom stereocenters. The molecule has 1 aromatic heterocycles. The largest absolute Gasteiger partial charge is 0.492 e. The van der Waals surface area contributed by atoms with Crippen LogP contribution in [-0.2, 0) is 6.54 Å². The second-order valence-electron chi connectivity index (χ2n) is 5.56. The molecule has 0 aliphatic rings. The smallest absolute Gasteiger partial charge is 0.175 e. The van der Waals surface area contributed by atoms with Crippen molar-refractivity contribution in [1.82, 2.24) is 9.78 Å². The Balaban J connectivity index is 1.61. The van der Waals surface area contributed by atoms with Crippen LogP contribution in [0.4, 0.5) is 15.8 Å². The summed E-state index contributed by atoms with van der Waals surface area (Å²) in [6, 6.07) is 14.0. The third-order valence-electron chi connectivity index (χ3n) is 3.56. The van der Waals surface area contributed by atoms with E-state index in [0.717, 1.165) is 22.7 Å². The van der Waals surface area contributed by atoms with Crippen LogP contribution < -0.4 is 15.4 Å². The van der Waals surface area contributed by atoms with Crippen molar-refractivity contribution in [1.29, 1.82) is 0 Å². The molecule has 2 N–H and O–H groups in total. The number of thiocarbonyl (C=S) groups is 1. The molecule has 26 heavy (non-hydrogen) atoms. The summed E-state index contributed by atoms with van der Waals surface area (Å²) in [6.07, 6.45) is 3.48. The number of hydrogen-bond donors (Lipinski definition) is 2. The third-order valence-corrected chi connectivity index (χ3v) is 3.76. The van der Waals surface area contributed by atoms with Gasteiger partial charge in [0.2, 0.25) is 0 Å². The lowest BCUT2D eigenvalue weighted by atomic mass is 10.2. The molecule has 0 amide bonds. The van der Waals surface area contributed by atoms with E-state index < -0.39 is 0 Å². The van der Waals surface area contributed by atoms with E-state index >= 15 is 0 Å². The van der Waals surface area contributed by atoms with Crippen molar-refractivity contribution in [2.75, 3.05) is 17.2 Å². The fourth-order valence-corrected chi connectivity index (χ4v) is 2.70. The molecule has 0 aliphatic carbocycles. The Bertz CT molecular complexity index is 897. The highest BCUT2D eigenvalue weighted by Crippen LogP contribution is 2.23. The SMILES string of the molecule is CCOc1ccccc1NC(=S)Nc1cnn(Cc2cccc(F)c2)c1. The molecule has 0 radical (unpaired) electrons.